The van der Waals surface area contributed by atoms with Crippen LogP contribution >= 0.6 is 0 Å². The molecule has 2 heterocycles. The SMILES string of the molecule is Fc1ccccc1-c1ccc(/C=C2\CCCN=C2c2cccnc2)cc1. The van der Waals surface area contributed by atoms with Crippen LogP contribution in [0.25, 0.3) is 17.2 Å². The molecule has 0 unspecified atom stereocenters. The van der Waals surface area contributed by atoms with Crippen LogP contribution in [0.3, 0.4) is 0 Å². The normalized spacial score (nSPS) is 15.7. The average molecular weight is 342 g/mol. The molecule has 0 bridgehead atoms. The standard InChI is InChI=1S/C23H19FN2/c24-22-8-2-1-7-21(22)18-11-9-17(10-12-18)15-19-5-4-14-26-23(19)20-6-3-13-25-16-20/h1-3,6-13,15-16H,4-5,14H2/b19-15+. The molecule has 0 aliphatic carbocycles. The van der Waals surface area contributed by atoms with E-state index in [1.54, 1.807) is 18.3 Å². The second kappa shape index (κ2) is 7.44. The van der Waals surface area contributed by atoms with E-state index in [0.717, 1.165) is 41.8 Å². The van der Waals surface area contributed by atoms with E-state index in [1.807, 2.05) is 48.7 Å². The first-order valence-corrected chi connectivity index (χ1v) is 8.82. The summed E-state index contributed by atoms with van der Waals surface area (Å²) in [6.45, 7) is 0.855. The van der Waals surface area contributed by atoms with E-state index in [-0.39, 0.29) is 5.82 Å². The van der Waals surface area contributed by atoms with Crippen LogP contribution in [0.15, 0.2) is 83.6 Å². The van der Waals surface area contributed by atoms with Crippen LogP contribution in [0.1, 0.15) is 24.0 Å². The fourth-order valence-electron chi connectivity index (χ4n) is 3.26. The highest BCUT2D eigenvalue weighted by molar-refractivity contribution is 6.15. The Labute approximate surface area is 152 Å². The Bertz CT molecular complexity index is 957. The molecule has 1 aliphatic heterocycles. The number of hydrogen-bond donors (Lipinski definition) is 0. The Kier molecular flexibility index (Phi) is 4.69. The second-order valence-electron chi connectivity index (χ2n) is 6.35. The highest BCUT2D eigenvalue weighted by Gasteiger charge is 2.14. The zero-order valence-corrected chi connectivity index (χ0v) is 14.4. The van der Waals surface area contributed by atoms with E-state index in [0.29, 0.717) is 5.56 Å². The van der Waals surface area contributed by atoms with Crippen molar-refractivity contribution in [2.45, 2.75) is 12.8 Å². The molecule has 3 aromatic rings. The number of nitrogens with zero attached hydrogens (tertiary/aromatic N) is 2. The minimum atomic E-state index is -0.197. The quantitative estimate of drug-likeness (QED) is 0.612. The van der Waals surface area contributed by atoms with Crippen LogP contribution in [0.4, 0.5) is 4.39 Å². The topological polar surface area (TPSA) is 25.2 Å². The van der Waals surface area contributed by atoms with Gasteiger partial charge < -0.3 is 0 Å². The maximum Gasteiger partial charge on any atom is 0.131 e. The molecule has 0 atom stereocenters. The van der Waals surface area contributed by atoms with Crippen molar-refractivity contribution in [3.63, 3.8) is 0 Å². The lowest BCUT2D eigenvalue weighted by atomic mass is 9.94. The van der Waals surface area contributed by atoms with Gasteiger partial charge in [-0.25, -0.2) is 4.39 Å². The van der Waals surface area contributed by atoms with Gasteiger partial charge in [0.25, 0.3) is 0 Å². The molecule has 2 aromatic carbocycles. The van der Waals surface area contributed by atoms with Crippen molar-refractivity contribution in [2.24, 2.45) is 4.99 Å². The molecule has 0 spiro atoms. The third-order valence-corrected chi connectivity index (χ3v) is 4.55. The first-order chi connectivity index (χ1) is 12.8. The van der Waals surface area contributed by atoms with Gasteiger partial charge in [-0.2, -0.15) is 0 Å². The number of halogens is 1. The van der Waals surface area contributed by atoms with Crippen LogP contribution in [0.5, 0.6) is 0 Å². The second-order valence-corrected chi connectivity index (χ2v) is 6.35. The lowest BCUT2D eigenvalue weighted by Gasteiger charge is -2.16. The van der Waals surface area contributed by atoms with Crippen LogP contribution in [0, 0.1) is 5.82 Å². The number of benzene rings is 2. The Balaban J connectivity index is 1.64. The lowest BCUT2D eigenvalue weighted by molar-refractivity contribution is 0.631. The van der Waals surface area contributed by atoms with Crippen molar-refractivity contribution in [3.05, 3.63) is 95.6 Å². The van der Waals surface area contributed by atoms with Gasteiger partial charge in [0.05, 0.1) is 5.71 Å². The molecule has 3 heteroatoms. The maximum atomic E-state index is 14.0. The van der Waals surface area contributed by atoms with Crippen molar-refractivity contribution in [1.82, 2.24) is 4.98 Å². The molecular formula is C23H19FN2. The van der Waals surface area contributed by atoms with E-state index in [9.17, 15) is 4.39 Å². The third kappa shape index (κ3) is 3.47. The third-order valence-electron chi connectivity index (χ3n) is 4.55. The molecule has 0 saturated carbocycles. The molecular weight excluding hydrogens is 323 g/mol. The fraction of sp³-hybridized carbons (Fsp3) is 0.130. The number of aromatic nitrogens is 1. The van der Waals surface area contributed by atoms with Crippen molar-refractivity contribution in [2.75, 3.05) is 6.54 Å². The molecule has 2 nitrogen and oxygen atoms in total. The van der Waals surface area contributed by atoms with Crippen LogP contribution in [-0.4, -0.2) is 17.2 Å². The van der Waals surface area contributed by atoms with E-state index in [4.69, 9.17) is 4.99 Å². The van der Waals surface area contributed by atoms with Crippen LogP contribution in [-0.2, 0) is 0 Å². The summed E-state index contributed by atoms with van der Waals surface area (Å²) in [4.78, 5) is 8.92. The van der Waals surface area contributed by atoms with Gasteiger partial charge in [0, 0.05) is 30.1 Å². The molecule has 0 saturated heterocycles. The summed E-state index contributed by atoms with van der Waals surface area (Å²) < 4.78 is 14.0. The van der Waals surface area contributed by atoms with E-state index in [2.05, 4.69) is 11.1 Å². The van der Waals surface area contributed by atoms with Gasteiger partial charge in [-0.15, -0.1) is 0 Å². The number of aliphatic imine (C=N–C) groups is 1. The summed E-state index contributed by atoms with van der Waals surface area (Å²) in [5, 5.41) is 0. The first-order valence-electron chi connectivity index (χ1n) is 8.82. The summed E-state index contributed by atoms with van der Waals surface area (Å²) in [7, 11) is 0. The predicted octanol–water partition coefficient (Wildman–Crippen LogP) is 5.55. The molecule has 0 amide bonds. The lowest BCUT2D eigenvalue weighted by Crippen LogP contribution is -2.11. The average Bonchev–Trinajstić information content (AvgIpc) is 2.70. The first kappa shape index (κ1) is 16.4. The predicted molar refractivity (Wildman–Crippen MR) is 105 cm³/mol. The van der Waals surface area contributed by atoms with Gasteiger partial charge in [0.2, 0.25) is 0 Å². The van der Waals surface area contributed by atoms with Gasteiger partial charge in [-0.1, -0.05) is 42.5 Å². The number of pyridine rings is 1. The van der Waals surface area contributed by atoms with Gasteiger partial charge in [-0.05, 0) is 53.8 Å². The van der Waals surface area contributed by atoms with Crippen molar-refractivity contribution in [1.29, 1.82) is 0 Å². The molecule has 1 aromatic heterocycles. The minimum Gasteiger partial charge on any atom is -0.284 e. The molecule has 0 N–H and O–H groups in total. The maximum absolute atomic E-state index is 14.0. The van der Waals surface area contributed by atoms with Crippen molar-refractivity contribution >= 4 is 11.8 Å². The number of allylic oxidation sites excluding steroid dienone is 1. The highest BCUT2D eigenvalue weighted by Crippen LogP contribution is 2.25. The smallest absolute Gasteiger partial charge is 0.131 e. The summed E-state index contributed by atoms with van der Waals surface area (Å²) in [6, 6.07) is 18.8. The van der Waals surface area contributed by atoms with E-state index in [1.165, 1.54) is 11.6 Å². The van der Waals surface area contributed by atoms with Crippen molar-refractivity contribution < 1.29 is 4.39 Å². The molecule has 0 fully saturated rings. The summed E-state index contributed by atoms with van der Waals surface area (Å²) in [5.41, 5.74) is 5.92. The Hall–Kier alpha value is -3.07. The Morgan fingerprint density at radius 3 is 2.50 bits per heavy atom. The zero-order valence-electron chi connectivity index (χ0n) is 14.4. The Morgan fingerprint density at radius 1 is 0.885 bits per heavy atom. The molecule has 4 rings (SSSR count). The minimum absolute atomic E-state index is 0.197. The van der Waals surface area contributed by atoms with E-state index < -0.39 is 0 Å². The number of rotatable bonds is 3. The van der Waals surface area contributed by atoms with Crippen molar-refractivity contribution in [3.8, 4) is 11.1 Å². The molecule has 128 valence electrons. The highest BCUT2D eigenvalue weighted by atomic mass is 19.1. The zero-order chi connectivity index (χ0) is 17.8. The van der Waals surface area contributed by atoms with Gasteiger partial charge in [-0.3, -0.25) is 9.98 Å². The summed E-state index contributed by atoms with van der Waals surface area (Å²) >= 11 is 0. The summed E-state index contributed by atoms with van der Waals surface area (Å²) in [5.74, 6) is -0.197. The van der Waals surface area contributed by atoms with Gasteiger partial charge >= 0.3 is 0 Å². The fourth-order valence-corrected chi connectivity index (χ4v) is 3.26. The Morgan fingerprint density at radius 2 is 1.73 bits per heavy atom. The van der Waals surface area contributed by atoms with E-state index >= 15 is 0 Å². The summed E-state index contributed by atoms with van der Waals surface area (Å²) in [6.07, 6.45) is 7.87. The van der Waals surface area contributed by atoms with Crippen LogP contribution < -0.4 is 0 Å². The largest absolute Gasteiger partial charge is 0.284 e. The molecule has 26 heavy (non-hydrogen) atoms. The van der Waals surface area contributed by atoms with Crippen LogP contribution in [0.2, 0.25) is 0 Å². The molecule has 1 aliphatic rings. The van der Waals surface area contributed by atoms with Gasteiger partial charge in [0.15, 0.2) is 0 Å². The number of hydrogen-bond acceptors (Lipinski definition) is 2. The monoisotopic (exact) mass is 342 g/mol. The molecule has 0 radical (unpaired) electrons. The van der Waals surface area contributed by atoms with Gasteiger partial charge in [0.1, 0.15) is 5.82 Å².